The molecule has 0 radical (unpaired) electrons. The summed E-state index contributed by atoms with van der Waals surface area (Å²) in [5.74, 6) is -0.653. The van der Waals surface area contributed by atoms with Gasteiger partial charge in [0.25, 0.3) is 11.5 Å². The summed E-state index contributed by atoms with van der Waals surface area (Å²) in [5, 5.41) is 13.4. The second-order valence-corrected chi connectivity index (χ2v) is 11.9. The summed E-state index contributed by atoms with van der Waals surface area (Å²) in [6.07, 6.45) is 0.154. The van der Waals surface area contributed by atoms with Gasteiger partial charge in [-0.25, -0.2) is 18.6 Å². The van der Waals surface area contributed by atoms with Crippen molar-refractivity contribution in [2.45, 2.75) is 30.9 Å². The van der Waals surface area contributed by atoms with Crippen LogP contribution in [0.1, 0.15) is 28.4 Å². The van der Waals surface area contributed by atoms with E-state index in [1.807, 2.05) is 19.1 Å². The standard InChI is InChI=1S/C27H24Cl2N4O6S/c1-16-4-2-3-5-23(16)33-27(35)24-22(30-33)12-13-32(25(24)26(34)31-36)40(37,38)20-10-8-19(9-11-20)39-15-17-6-7-18(28)14-21(17)29/h2-11,14,25,30,36H,12-13,15H2,1H3,(H,31,34). The number of hydroxylamine groups is 1. The summed E-state index contributed by atoms with van der Waals surface area (Å²) in [6.45, 7) is 1.86. The first kappa shape index (κ1) is 27.9. The topological polar surface area (TPSA) is 134 Å². The molecule has 1 amide bonds. The number of aromatic nitrogens is 2. The fraction of sp³-hybridized carbons (Fsp3) is 0.185. The Labute approximate surface area is 239 Å². The smallest absolute Gasteiger partial charge is 0.276 e. The Morgan fingerprint density at radius 3 is 2.52 bits per heavy atom. The van der Waals surface area contributed by atoms with E-state index in [0.29, 0.717) is 32.7 Å². The highest BCUT2D eigenvalue weighted by molar-refractivity contribution is 7.89. The minimum atomic E-state index is -4.28. The van der Waals surface area contributed by atoms with Crippen molar-refractivity contribution in [1.82, 2.24) is 19.6 Å². The highest BCUT2D eigenvalue weighted by atomic mass is 35.5. The molecule has 4 aromatic rings. The number of halogens is 2. The lowest BCUT2D eigenvalue weighted by atomic mass is 10.0. The van der Waals surface area contributed by atoms with Crippen molar-refractivity contribution in [3.63, 3.8) is 0 Å². The van der Waals surface area contributed by atoms with Gasteiger partial charge in [-0.1, -0.05) is 47.5 Å². The second kappa shape index (κ2) is 11.1. The molecule has 0 saturated carbocycles. The summed E-state index contributed by atoms with van der Waals surface area (Å²) in [5.41, 5.74) is 3.37. The molecule has 10 nitrogen and oxygen atoms in total. The van der Waals surface area contributed by atoms with E-state index in [9.17, 15) is 23.2 Å². The zero-order valence-corrected chi connectivity index (χ0v) is 23.4. The van der Waals surface area contributed by atoms with Crippen molar-refractivity contribution in [3.8, 4) is 11.4 Å². The molecule has 0 saturated heterocycles. The Hall–Kier alpha value is -3.61. The van der Waals surface area contributed by atoms with Gasteiger partial charge >= 0.3 is 0 Å². The number of ether oxygens (including phenoxy) is 1. The van der Waals surface area contributed by atoms with Crippen LogP contribution in [-0.4, -0.2) is 40.2 Å². The largest absolute Gasteiger partial charge is 0.489 e. The van der Waals surface area contributed by atoms with E-state index >= 15 is 0 Å². The number of sulfonamides is 1. The summed E-state index contributed by atoms with van der Waals surface area (Å²) in [7, 11) is -4.28. The van der Waals surface area contributed by atoms with Gasteiger partial charge in [-0.05, 0) is 55.0 Å². The van der Waals surface area contributed by atoms with Crippen LogP contribution in [0.25, 0.3) is 5.69 Å². The number of fused-ring (bicyclic) bond motifs is 1. The number of hydrogen-bond donors (Lipinski definition) is 3. The normalized spacial score (nSPS) is 15.4. The number of para-hydroxylation sites is 1. The number of aryl methyl sites for hydroxylation is 1. The Morgan fingerprint density at radius 1 is 1.12 bits per heavy atom. The van der Waals surface area contributed by atoms with Crippen LogP contribution < -0.4 is 15.8 Å². The minimum absolute atomic E-state index is 0.0515. The molecule has 1 aliphatic heterocycles. The number of nitrogens with zero attached hydrogens (tertiary/aromatic N) is 2. The molecule has 0 bridgehead atoms. The molecule has 3 aromatic carbocycles. The number of benzene rings is 3. The molecular weight excluding hydrogens is 579 g/mol. The number of nitrogens with one attached hydrogen (secondary N) is 2. The summed E-state index contributed by atoms with van der Waals surface area (Å²) in [4.78, 5) is 26.2. The van der Waals surface area contributed by atoms with Crippen LogP contribution >= 0.6 is 23.2 Å². The molecule has 208 valence electrons. The van der Waals surface area contributed by atoms with E-state index < -0.39 is 27.5 Å². The number of H-pyrrole nitrogens is 1. The van der Waals surface area contributed by atoms with Crippen LogP contribution in [0.15, 0.2) is 76.4 Å². The van der Waals surface area contributed by atoms with Gasteiger partial charge in [-0.2, -0.15) is 4.31 Å². The average Bonchev–Trinajstić information content (AvgIpc) is 3.28. The van der Waals surface area contributed by atoms with Gasteiger partial charge in [0.05, 0.1) is 16.1 Å². The minimum Gasteiger partial charge on any atom is -0.489 e. The van der Waals surface area contributed by atoms with Crippen molar-refractivity contribution in [2.24, 2.45) is 0 Å². The Balaban J connectivity index is 1.44. The third-order valence-electron chi connectivity index (χ3n) is 6.70. The Kier molecular flexibility index (Phi) is 7.76. The fourth-order valence-corrected chi connectivity index (χ4v) is 6.70. The summed E-state index contributed by atoms with van der Waals surface area (Å²) < 4.78 is 35.4. The maximum Gasteiger partial charge on any atom is 0.276 e. The molecule has 1 aromatic heterocycles. The predicted octanol–water partition coefficient (Wildman–Crippen LogP) is 4.15. The van der Waals surface area contributed by atoms with Crippen LogP contribution in [-0.2, 0) is 27.8 Å². The Morgan fingerprint density at radius 2 is 1.85 bits per heavy atom. The summed E-state index contributed by atoms with van der Waals surface area (Å²) >= 11 is 12.1. The maximum atomic E-state index is 13.7. The monoisotopic (exact) mass is 602 g/mol. The van der Waals surface area contributed by atoms with Gasteiger partial charge in [-0.15, -0.1) is 0 Å². The molecule has 1 atom stereocenters. The van der Waals surface area contributed by atoms with Gasteiger partial charge in [0.2, 0.25) is 10.0 Å². The number of carbonyl (C=O) groups is 1. The van der Waals surface area contributed by atoms with Crippen LogP contribution in [0.4, 0.5) is 0 Å². The first-order valence-corrected chi connectivity index (χ1v) is 14.3. The molecular formula is C27H24Cl2N4O6S. The molecule has 40 heavy (non-hydrogen) atoms. The number of amides is 1. The van der Waals surface area contributed by atoms with Crippen molar-refractivity contribution in [3.05, 3.63) is 110 Å². The number of hydrogen-bond acceptors (Lipinski definition) is 6. The van der Waals surface area contributed by atoms with E-state index in [1.54, 1.807) is 30.3 Å². The van der Waals surface area contributed by atoms with E-state index in [4.69, 9.17) is 27.9 Å². The van der Waals surface area contributed by atoms with Gasteiger partial charge in [0.1, 0.15) is 18.4 Å². The molecule has 0 spiro atoms. The molecule has 2 heterocycles. The quantitative estimate of drug-likeness (QED) is 0.215. The average molecular weight is 603 g/mol. The van der Waals surface area contributed by atoms with Gasteiger partial charge in [-0.3, -0.25) is 19.9 Å². The summed E-state index contributed by atoms with van der Waals surface area (Å²) in [6, 6.07) is 16.2. The second-order valence-electron chi connectivity index (χ2n) is 9.17. The first-order valence-electron chi connectivity index (χ1n) is 12.1. The van der Waals surface area contributed by atoms with Gasteiger partial charge in [0.15, 0.2) is 0 Å². The number of carbonyl (C=O) groups excluding carboxylic acids is 1. The van der Waals surface area contributed by atoms with Crippen molar-refractivity contribution in [2.75, 3.05) is 6.54 Å². The fourth-order valence-electron chi connectivity index (χ4n) is 4.67. The number of aromatic amines is 1. The molecule has 1 unspecified atom stereocenters. The molecule has 0 aliphatic carbocycles. The van der Waals surface area contributed by atoms with Crippen molar-refractivity contribution >= 4 is 39.1 Å². The van der Waals surface area contributed by atoms with Crippen LogP contribution in [0.2, 0.25) is 10.0 Å². The van der Waals surface area contributed by atoms with Gasteiger partial charge in [0, 0.05) is 34.3 Å². The highest BCUT2D eigenvalue weighted by Gasteiger charge is 2.44. The zero-order valence-electron chi connectivity index (χ0n) is 21.1. The lowest BCUT2D eigenvalue weighted by molar-refractivity contribution is -0.133. The predicted molar refractivity (Wildman–Crippen MR) is 149 cm³/mol. The molecule has 0 fully saturated rings. The van der Waals surface area contributed by atoms with E-state index in [0.717, 1.165) is 9.87 Å². The zero-order chi connectivity index (χ0) is 28.6. The third kappa shape index (κ3) is 5.14. The lowest BCUT2D eigenvalue weighted by Gasteiger charge is -2.32. The highest BCUT2D eigenvalue weighted by Crippen LogP contribution is 2.33. The Bertz CT molecular complexity index is 1750. The lowest BCUT2D eigenvalue weighted by Crippen LogP contribution is -2.48. The van der Waals surface area contributed by atoms with Gasteiger partial charge < -0.3 is 4.74 Å². The van der Waals surface area contributed by atoms with E-state index in [2.05, 4.69) is 5.10 Å². The molecule has 5 rings (SSSR count). The van der Waals surface area contributed by atoms with Crippen LogP contribution in [0, 0.1) is 6.92 Å². The van der Waals surface area contributed by atoms with Crippen molar-refractivity contribution in [1.29, 1.82) is 0 Å². The van der Waals surface area contributed by atoms with E-state index in [1.165, 1.54) is 34.4 Å². The molecule has 3 N–H and O–H groups in total. The van der Waals surface area contributed by atoms with E-state index in [-0.39, 0.29) is 30.0 Å². The molecule has 13 heteroatoms. The van der Waals surface area contributed by atoms with Crippen molar-refractivity contribution < 1.29 is 23.2 Å². The van der Waals surface area contributed by atoms with Crippen LogP contribution in [0.5, 0.6) is 5.75 Å². The SMILES string of the molecule is Cc1ccccc1-n1[nH]c2c(c1=O)C(C(=O)NO)N(S(=O)(=O)c1ccc(OCc3ccc(Cl)cc3Cl)cc1)CC2. The van der Waals surface area contributed by atoms with Crippen LogP contribution in [0.3, 0.4) is 0 Å². The maximum absolute atomic E-state index is 13.7. The third-order valence-corrected chi connectivity index (χ3v) is 9.17. The number of rotatable bonds is 7. The molecule has 1 aliphatic rings. The first-order chi connectivity index (χ1) is 19.1.